The summed E-state index contributed by atoms with van der Waals surface area (Å²) in [5, 5.41) is 6.48. The molecule has 6 nitrogen and oxygen atoms in total. The van der Waals surface area contributed by atoms with Crippen molar-refractivity contribution in [2.45, 2.75) is 13.5 Å². The van der Waals surface area contributed by atoms with E-state index in [1.54, 1.807) is 58.9 Å². The lowest BCUT2D eigenvalue weighted by Gasteiger charge is -2.19. The van der Waals surface area contributed by atoms with Gasteiger partial charge in [0, 0.05) is 35.4 Å². The van der Waals surface area contributed by atoms with Gasteiger partial charge >= 0.3 is 6.03 Å². The van der Waals surface area contributed by atoms with E-state index < -0.39 is 0 Å². The number of thiazole rings is 1. The molecule has 0 saturated heterocycles. The first-order chi connectivity index (χ1) is 12.5. The summed E-state index contributed by atoms with van der Waals surface area (Å²) in [6.07, 6.45) is 5.09. The number of anilines is 1. The summed E-state index contributed by atoms with van der Waals surface area (Å²) in [6, 6.07) is 6.45. The normalized spacial score (nSPS) is 10.0. The van der Waals surface area contributed by atoms with E-state index in [-0.39, 0.29) is 11.9 Å². The molecule has 1 heterocycles. The molecule has 0 spiro atoms. The quantitative estimate of drug-likeness (QED) is 0.698. The maximum atomic E-state index is 12.4. The number of nitrogens with one attached hydrogen (secondary N) is 2. The number of carbonyl (C=O) groups excluding carboxylic acids is 2. The lowest BCUT2D eigenvalue weighted by atomic mass is 10.1. The van der Waals surface area contributed by atoms with Crippen LogP contribution in [0.4, 0.5) is 10.5 Å². The van der Waals surface area contributed by atoms with Gasteiger partial charge in [-0.25, -0.2) is 9.78 Å². The first-order valence-corrected chi connectivity index (χ1v) is 8.92. The fourth-order valence-corrected chi connectivity index (χ4v) is 3.00. The molecular formula is C19H22N4O2S. The van der Waals surface area contributed by atoms with Crippen molar-refractivity contribution < 1.29 is 9.59 Å². The molecule has 136 valence electrons. The van der Waals surface area contributed by atoms with E-state index in [0.29, 0.717) is 30.9 Å². The molecule has 0 radical (unpaired) electrons. The van der Waals surface area contributed by atoms with Crippen LogP contribution >= 0.6 is 11.3 Å². The Morgan fingerprint density at radius 2 is 1.85 bits per heavy atom. The Bertz CT molecular complexity index is 773. The van der Waals surface area contributed by atoms with Crippen LogP contribution in [0.15, 0.2) is 55.8 Å². The van der Waals surface area contributed by atoms with Crippen LogP contribution in [0.2, 0.25) is 0 Å². The van der Waals surface area contributed by atoms with Crippen molar-refractivity contribution in [3.05, 3.63) is 71.2 Å². The Hall–Kier alpha value is -2.93. The van der Waals surface area contributed by atoms with E-state index in [2.05, 4.69) is 28.8 Å². The van der Waals surface area contributed by atoms with Crippen LogP contribution in [-0.4, -0.2) is 34.9 Å². The first kappa shape index (κ1) is 19.4. The molecule has 2 aromatic rings. The predicted octanol–water partition coefficient (Wildman–Crippen LogP) is 3.59. The highest BCUT2D eigenvalue weighted by Crippen LogP contribution is 2.13. The van der Waals surface area contributed by atoms with Crippen LogP contribution in [0.25, 0.3) is 0 Å². The van der Waals surface area contributed by atoms with Gasteiger partial charge in [-0.2, -0.15) is 0 Å². The van der Waals surface area contributed by atoms with E-state index in [4.69, 9.17) is 0 Å². The summed E-state index contributed by atoms with van der Waals surface area (Å²) in [6.45, 7) is 10.6. The molecule has 0 saturated carbocycles. The smallest absolute Gasteiger partial charge is 0.319 e. The topological polar surface area (TPSA) is 74.3 Å². The van der Waals surface area contributed by atoms with Crippen molar-refractivity contribution >= 4 is 29.0 Å². The van der Waals surface area contributed by atoms with Gasteiger partial charge in [0.05, 0.1) is 11.6 Å². The first-order valence-electron chi connectivity index (χ1n) is 8.10. The number of urea groups is 1. The summed E-state index contributed by atoms with van der Waals surface area (Å²) in [7, 11) is 0. The van der Waals surface area contributed by atoms with Crippen LogP contribution in [0.5, 0.6) is 0 Å². The average molecular weight is 370 g/mol. The zero-order chi connectivity index (χ0) is 18.9. The van der Waals surface area contributed by atoms with Crippen LogP contribution < -0.4 is 10.6 Å². The van der Waals surface area contributed by atoms with E-state index in [0.717, 1.165) is 9.88 Å². The standard InChI is InChI=1S/C19H22N4O2S/c1-4-10-23(11-5-2)18(24)15-6-8-16(9-7-15)22-19(25)21-13-17-12-20-14(3)26-17/h4-9,12H,1-2,10-11,13H2,3H3,(H2,21,22,25). The molecule has 0 atom stereocenters. The lowest BCUT2D eigenvalue weighted by Crippen LogP contribution is -2.31. The van der Waals surface area contributed by atoms with Gasteiger partial charge in [0.1, 0.15) is 0 Å². The van der Waals surface area contributed by atoms with Gasteiger partial charge in [0.25, 0.3) is 5.91 Å². The number of rotatable bonds is 8. The molecule has 0 aliphatic heterocycles. The van der Waals surface area contributed by atoms with E-state index in [1.165, 1.54) is 0 Å². The summed E-state index contributed by atoms with van der Waals surface area (Å²) < 4.78 is 0. The van der Waals surface area contributed by atoms with Crippen LogP contribution in [0, 0.1) is 6.92 Å². The van der Waals surface area contributed by atoms with Gasteiger partial charge in [-0.15, -0.1) is 24.5 Å². The zero-order valence-electron chi connectivity index (χ0n) is 14.7. The highest BCUT2D eigenvalue weighted by atomic mass is 32.1. The van der Waals surface area contributed by atoms with Gasteiger partial charge in [0.15, 0.2) is 0 Å². The summed E-state index contributed by atoms with van der Waals surface area (Å²) in [5.41, 5.74) is 1.15. The Morgan fingerprint density at radius 1 is 1.19 bits per heavy atom. The largest absolute Gasteiger partial charge is 0.333 e. The van der Waals surface area contributed by atoms with Crippen molar-refractivity contribution in [2.24, 2.45) is 0 Å². The third kappa shape index (κ3) is 5.56. The molecule has 0 aliphatic carbocycles. The second-order valence-electron chi connectivity index (χ2n) is 5.52. The summed E-state index contributed by atoms with van der Waals surface area (Å²) in [5.74, 6) is -0.110. The van der Waals surface area contributed by atoms with Crippen molar-refractivity contribution in [3.8, 4) is 0 Å². The van der Waals surface area contributed by atoms with Crippen LogP contribution in [0.3, 0.4) is 0 Å². The monoisotopic (exact) mass is 370 g/mol. The molecule has 7 heteroatoms. The van der Waals surface area contributed by atoms with Gasteiger partial charge in [-0.3, -0.25) is 4.79 Å². The second-order valence-corrected chi connectivity index (χ2v) is 6.84. The second kappa shape index (κ2) is 9.53. The average Bonchev–Trinajstić information content (AvgIpc) is 3.05. The van der Waals surface area contributed by atoms with Crippen LogP contribution in [0.1, 0.15) is 20.2 Å². The number of benzene rings is 1. The Labute approximate surface area is 157 Å². The Kier molecular flexibility index (Phi) is 7.11. The van der Waals surface area contributed by atoms with Crippen molar-refractivity contribution in [3.63, 3.8) is 0 Å². The molecule has 1 aromatic heterocycles. The minimum atomic E-state index is -0.310. The molecule has 2 rings (SSSR count). The van der Waals surface area contributed by atoms with E-state index in [1.807, 2.05) is 6.92 Å². The lowest BCUT2D eigenvalue weighted by molar-refractivity contribution is 0.0791. The molecule has 0 bridgehead atoms. The van der Waals surface area contributed by atoms with Crippen molar-refractivity contribution in [2.75, 3.05) is 18.4 Å². The third-order valence-electron chi connectivity index (χ3n) is 3.47. The van der Waals surface area contributed by atoms with E-state index >= 15 is 0 Å². The molecule has 0 aliphatic rings. The maximum absolute atomic E-state index is 12.4. The molecule has 2 N–H and O–H groups in total. The third-order valence-corrected chi connectivity index (χ3v) is 4.38. The highest BCUT2D eigenvalue weighted by Gasteiger charge is 2.13. The number of nitrogens with zero attached hydrogens (tertiary/aromatic N) is 2. The molecule has 1 aromatic carbocycles. The minimum absolute atomic E-state index is 0.110. The number of hydrogen-bond acceptors (Lipinski definition) is 4. The molecular weight excluding hydrogens is 348 g/mol. The van der Waals surface area contributed by atoms with Crippen LogP contribution in [-0.2, 0) is 6.54 Å². The number of aromatic nitrogens is 1. The number of amides is 3. The Morgan fingerprint density at radius 3 is 2.38 bits per heavy atom. The maximum Gasteiger partial charge on any atom is 0.319 e. The summed E-state index contributed by atoms with van der Waals surface area (Å²) >= 11 is 1.54. The van der Waals surface area contributed by atoms with Gasteiger partial charge in [-0.05, 0) is 31.2 Å². The van der Waals surface area contributed by atoms with Crippen molar-refractivity contribution in [1.82, 2.24) is 15.2 Å². The van der Waals surface area contributed by atoms with Crippen molar-refractivity contribution in [1.29, 1.82) is 0 Å². The Balaban J connectivity index is 1.91. The highest BCUT2D eigenvalue weighted by molar-refractivity contribution is 7.11. The van der Waals surface area contributed by atoms with Gasteiger partial charge in [0.2, 0.25) is 0 Å². The minimum Gasteiger partial charge on any atom is -0.333 e. The number of aryl methyl sites for hydroxylation is 1. The summed E-state index contributed by atoms with van der Waals surface area (Å²) in [4.78, 5) is 31.2. The molecule has 26 heavy (non-hydrogen) atoms. The number of hydrogen-bond donors (Lipinski definition) is 2. The fourth-order valence-electron chi connectivity index (χ4n) is 2.26. The number of carbonyl (C=O) groups is 2. The van der Waals surface area contributed by atoms with Gasteiger partial charge < -0.3 is 15.5 Å². The molecule has 0 fully saturated rings. The fraction of sp³-hybridized carbons (Fsp3) is 0.211. The zero-order valence-corrected chi connectivity index (χ0v) is 15.5. The molecule has 0 unspecified atom stereocenters. The molecule has 3 amide bonds. The van der Waals surface area contributed by atoms with Gasteiger partial charge in [-0.1, -0.05) is 12.2 Å². The SMILES string of the molecule is C=CCN(CC=C)C(=O)c1ccc(NC(=O)NCc2cnc(C)s2)cc1. The van der Waals surface area contributed by atoms with E-state index in [9.17, 15) is 9.59 Å². The predicted molar refractivity (Wildman–Crippen MR) is 105 cm³/mol.